The zero-order chi connectivity index (χ0) is 21.0. The lowest BCUT2D eigenvalue weighted by Crippen LogP contribution is -2.28. The van der Waals surface area contributed by atoms with Gasteiger partial charge in [0.25, 0.3) is 0 Å². The third-order valence-corrected chi connectivity index (χ3v) is 4.72. The smallest absolute Gasteiger partial charge is 0.229 e. The van der Waals surface area contributed by atoms with Gasteiger partial charge in [-0.05, 0) is 18.2 Å². The molecule has 150 valence electrons. The van der Waals surface area contributed by atoms with E-state index in [2.05, 4.69) is 11.4 Å². The maximum Gasteiger partial charge on any atom is 0.229 e. The summed E-state index contributed by atoms with van der Waals surface area (Å²) in [6.07, 6.45) is 0.0903. The zero-order valence-corrected chi connectivity index (χ0v) is 16.4. The van der Waals surface area contributed by atoms with Gasteiger partial charge in [0.2, 0.25) is 17.6 Å². The molecule has 0 aliphatic carbocycles. The largest absolute Gasteiger partial charge is 0.493 e. The van der Waals surface area contributed by atoms with Crippen molar-refractivity contribution in [3.63, 3.8) is 0 Å². The highest BCUT2D eigenvalue weighted by Crippen LogP contribution is 2.40. The molecule has 1 saturated heterocycles. The number of anilines is 2. The number of nitriles is 1. The quantitative estimate of drug-likeness (QED) is 0.807. The zero-order valence-electron chi connectivity index (χ0n) is 16.4. The van der Waals surface area contributed by atoms with Crippen LogP contribution in [0.5, 0.6) is 17.2 Å². The first-order valence-corrected chi connectivity index (χ1v) is 8.92. The molecule has 0 bridgehead atoms. The van der Waals surface area contributed by atoms with E-state index in [1.165, 1.54) is 26.2 Å². The van der Waals surface area contributed by atoms with Gasteiger partial charge in [0.1, 0.15) is 0 Å². The highest BCUT2D eigenvalue weighted by atomic mass is 16.5. The van der Waals surface area contributed by atoms with Crippen LogP contribution < -0.4 is 24.4 Å². The van der Waals surface area contributed by atoms with Crippen LogP contribution in [0.4, 0.5) is 11.4 Å². The summed E-state index contributed by atoms with van der Waals surface area (Å²) in [6.45, 7) is 0.240. The first-order chi connectivity index (χ1) is 14.0. The van der Waals surface area contributed by atoms with Crippen LogP contribution in [-0.4, -0.2) is 39.7 Å². The van der Waals surface area contributed by atoms with Crippen LogP contribution in [0.1, 0.15) is 12.0 Å². The average molecular weight is 395 g/mol. The maximum absolute atomic E-state index is 12.8. The van der Waals surface area contributed by atoms with Gasteiger partial charge >= 0.3 is 0 Å². The van der Waals surface area contributed by atoms with Crippen LogP contribution >= 0.6 is 0 Å². The molecule has 2 amide bonds. The first kappa shape index (κ1) is 20.0. The second kappa shape index (κ2) is 8.52. The van der Waals surface area contributed by atoms with Crippen molar-refractivity contribution in [3.8, 4) is 23.3 Å². The van der Waals surface area contributed by atoms with E-state index in [9.17, 15) is 9.59 Å². The van der Waals surface area contributed by atoms with Gasteiger partial charge in [-0.2, -0.15) is 5.26 Å². The number of nitrogens with one attached hydrogen (secondary N) is 1. The molecule has 1 aliphatic heterocycles. The molecule has 1 atom stereocenters. The number of amides is 2. The third-order valence-electron chi connectivity index (χ3n) is 4.72. The molecule has 3 rings (SSSR count). The fourth-order valence-electron chi connectivity index (χ4n) is 3.27. The molecule has 1 aliphatic rings. The summed E-state index contributed by atoms with van der Waals surface area (Å²) in [4.78, 5) is 26.7. The molecule has 2 aromatic rings. The molecule has 1 heterocycles. The monoisotopic (exact) mass is 395 g/mol. The van der Waals surface area contributed by atoms with Crippen LogP contribution in [0.15, 0.2) is 36.4 Å². The van der Waals surface area contributed by atoms with Crippen molar-refractivity contribution >= 4 is 23.2 Å². The van der Waals surface area contributed by atoms with Gasteiger partial charge in [0.05, 0.1) is 38.9 Å². The summed E-state index contributed by atoms with van der Waals surface area (Å²) < 4.78 is 15.9. The van der Waals surface area contributed by atoms with Gasteiger partial charge < -0.3 is 24.4 Å². The number of rotatable bonds is 6. The molecular weight excluding hydrogens is 374 g/mol. The summed E-state index contributed by atoms with van der Waals surface area (Å²) in [5.74, 6) is 0.288. The van der Waals surface area contributed by atoms with Crippen molar-refractivity contribution in [1.82, 2.24) is 0 Å². The van der Waals surface area contributed by atoms with E-state index in [1.54, 1.807) is 36.4 Å². The lowest BCUT2D eigenvalue weighted by atomic mass is 10.1. The Morgan fingerprint density at radius 1 is 1.14 bits per heavy atom. The lowest BCUT2D eigenvalue weighted by Gasteiger charge is -2.17. The standard InChI is InChI=1S/C21H21N3O5/c1-27-17-9-15(10-18(28-2)20(17)29-3)23-21(26)14-8-19(25)24(12-14)16-6-4-5-13(7-16)11-22/h4-7,9-10,14H,8,12H2,1-3H3,(H,23,26). The number of hydrogen-bond donors (Lipinski definition) is 1. The van der Waals surface area contributed by atoms with Crippen LogP contribution in [-0.2, 0) is 9.59 Å². The Hall–Kier alpha value is -3.73. The van der Waals surface area contributed by atoms with Gasteiger partial charge in [0.15, 0.2) is 11.5 Å². The van der Waals surface area contributed by atoms with Gasteiger partial charge in [0, 0.05) is 36.5 Å². The Balaban J connectivity index is 1.77. The highest BCUT2D eigenvalue weighted by molar-refractivity contribution is 6.03. The van der Waals surface area contributed by atoms with Gasteiger partial charge in [-0.15, -0.1) is 0 Å². The number of methoxy groups -OCH3 is 3. The molecule has 1 fully saturated rings. The number of carbonyl (C=O) groups is 2. The minimum Gasteiger partial charge on any atom is -0.493 e. The number of nitrogens with zero attached hydrogens (tertiary/aromatic N) is 2. The Kier molecular flexibility index (Phi) is 5.88. The number of hydrogen-bond acceptors (Lipinski definition) is 6. The van der Waals surface area contributed by atoms with E-state index in [0.717, 1.165) is 0 Å². The molecule has 29 heavy (non-hydrogen) atoms. The van der Waals surface area contributed by atoms with E-state index in [1.807, 2.05) is 0 Å². The van der Waals surface area contributed by atoms with E-state index in [0.29, 0.717) is 34.2 Å². The van der Waals surface area contributed by atoms with Crippen molar-refractivity contribution in [2.75, 3.05) is 38.1 Å². The second-order valence-corrected chi connectivity index (χ2v) is 6.47. The normalized spacial score (nSPS) is 15.6. The minimum absolute atomic E-state index is 0.0903. The molecule has 0 aromatic heterocycles. The van der Waals surface area contributed by atoms with Crippen LogP contribution in [0.2, 0.25) is 0 Å². The van der Waals surface area contributed by atoms with Gasteiger partial charge in [-0.1, -0.05) is 6.07 Å². The fraction of sp³-hybridized carbons (Fsp3) is 0.286. The second-order valence-electron chi connectivity index (χ2n) is 6.47. The topological polar surface area (TPSA) is 101 Å². The van der Waals surface area contributed by atoms with Crippen molar-refractivity contribution in [2.45, 2.75) is 6.42 Å². The van der Waals surface area contributed by atoms with E-state index < -0.39 is 5.92 Å². The summed E-state index contributed by atoms with van der Waals surface area (Å²) in [7, 11) is 4.48. The van der Waals surface area contributed by atoms with E-state index in [4.69, 9.17) is 19.5 Å². The summed E-state index contributed by atoms with van der Waals surface area (Å²) in [5.41, 5.74) is 1.54. The van der Waals surface area contributed by atoms with Gasteiger partial charge in [-0.25, -0.2) is 0 Å². The van der Waals surface area contributed by atoms with Crippen LogP contribution in [0, 0.1) is 17.2 Å². The highest BCUT2D eigenvalue weighted by Gasteiger charge is 2.35. The first-order valence-electron chi connectivity index (χ1n) is 8.92. The molecular formula is C21H21N3O5. The van der Waals surface area contributed by atoms with Crippen molar-refractivity contribution < 1.29 is 23.8 Å². The van der Waals surface area contributed by atoms with Crippen LogP contribution in [0.25, 0.3) is 0 Å². The van der Waals surface area contributed by atoms with E-state index in [-0.39, 0.29) is 24.8 Å². The molecule has 8 heteroatoms. The third kappa shape index (κ3) is 4.09. The maximum atomic E-state index is 12.8. The molecule has 1 unspecified atom stereocenters. The van der Waals surface area contributed by atoms with Crippen molar-refractivity contribution in [2.24, 2.45) is 5.92 Å². The summed E-state index contributed by atoms with van der Waals surface area (Å²) in [6, 6.07) is 12.1. The number of carbonyl (C=O) groups excluding carboxylic acids is 2. The number of benzene rings is 2. The van der Waals surface area contributed by atoms with Crippen molar-refractivity contribution in [3.05, 3.63) is 42.0 Å². The Labute approximate surface area is 168 Å². The minimum atomic E-state index is -0.521. The Bertz CT molecular complexity index is 958. The predicted molar refractivity (Wildman–Crippen MR) is 106 cm³/mol. The molecule has 8 nitrogen and oxygen atoms in total. The summed E-state index contributed by atoms with van der Waals surface area (Å²) >= 11 is 0. The Morgan fingerprint density at radius 2 is 1.83 bits per heavy atom. The Morgan fingerprint density at radius 3 is 2.41 bits per heavy atom. The number of ether oxygens (including phenoxy) is 3. The van der Waals surface area contributed by atoms with Crippen LogP contribution in [0.3, 0.4) is 0 Å². The molecule has 1 N–H and O–H groups in total. The molecule has 0 spiro atoms. The van der Waals surface area contributed by atoms with E-state index >= 15 is 0 Å². The summed E-state index contributed by atoms with van der Waals surface area (Å²) in [5, 5.41) is 11.9. The molecule has 0 saturated carbocycles. The predicted octanol–water partition coefficient (Wildman–Crippen LogP) is 2.58. The van der Waals surface area contributed by atoms with Crippen molar-refractivity contribution in [1.29, 1.82) is 5.26 Å². The molecule has 2 aromatic carbocycles. The SMILES string of the molecule is COc1cc(NC(=O)C2CC(=O)N(c3cccc(C#N)c3)C2)cc(OC)c1OC. The fourth-order valence-corrected chi connectivity index (χ4v) is 3.27. The lowest BCUT2D eigenvalue weighted by molar-refractivity contribution is -0.122. The van der Waals surface area contributed by atoms with Gasteiger partial charge in [-0.3, -0.25) is 9.59 Å². The molecule has 0 radical (unpaired) electrons. The average Bonchev–Trinajstić information content (AvgIpc) is 3.14.